The van der Waals surface area contributed by atoms with Crippen LogP contribution >= 0.6 is 0 Å². The fraction of sp³-hybridized carbons (Fsp3) is 0.381. The molecule has 0 N–H and O–H groups in total. The smallest absolute Gasteiger partial charge is 0.227 e. The van der Waals surface area contributed by atoms with Crippen molar-refractivity contribution < 1.29 is 4.79 Å². The number of pyridine rings is 1. The number of benzene rings is 1. The number of rotatable bonds is 4. The number of nitrogens with zero attached hydrogens (tertiary/aromatic N) is 4. The SMILES string of the molecule is CC(C)n1c([C@@H]2CCN(C(=O)Cc3ccccc3)C2)nc2ccncc21. The van der Waals surface area contributed by atoms with Gasteiger partial charge in [0.05, 0.1) is 23.7 Å². The molecular formula is C21H24N4O. The summed E-state index contributed by atoms with van der Waals surface area (Å²) in [5.41, 5.74) is 3.13. The Morgan fingerprint density at radius 3 is 2.81 bits per heavy atom. The van der Waals surface area contributed by atoms with Crippen molar-refractivity contribution in [2.24, 2.45) is 0 Å². The average Bonchev–Trinajstić information content (AvgIpc) is 3.27. The molecule has 2 aromatic heterocycles. The van der Waals surface area contributed by atoms with Gasteiger partial charge in [0.25, 0.3) is 0 Å². The molecular weight excluding hydrogens is 324 g/mol. The fourth-order valence-corrected chi connectivity index (χ4v) is 3.87. The van der Waals surface area contributed by atoms with Crippen molar-refractivity contribution in [1.29, 1.82) is 0 Å². The molecule has 1 aromatic carbocycles. The lowest BCUT2D eigenvalue weighted by molar-refractivity contribution is -0.129. The number of carbonyl (C=O) groups is 1. The summed E-state index contributed by atoms with van der Waals surface area (Å²) in [5.74, 6) is 1.56. The molecule has 0 unspecified atom stereocenters. The van der Waals surface area contributed by atoms with Crippen molar-refractivity contribution in [3.63, 3.8) is 0 Å². The van der Waals surface area contributed by atoms with Gasteiger partial charge in [0.1, 0.15) is 5.82 Å². The van der Waals surface area contributed by atoms with Crippen LogP contribution in [0.3, 0.4) is 0 Å². The molecule has 1 aliphatic rings. The molecule has 3 heterocycles. The third kappa shape index (κ3) is 3.09. The Morgan fingerprint density at radius 1 is 1.23 bits per heavy atom. The number of likely N-dealkylation sites (tertiary alicyclic amines) is 1. The van der Waals surface area contributed by atoms with Gasteiger partial charge in [-0.15, -0.1) is 0 Å². The Hall–Kier alpha value is -2.69. The van der Waals surface area contributed by atoms with E-state index in [4.69, 9.17) is 4.98 Å². The predicted octanol–water partition coefficient (Wildman–Crippen LogP) is 3.57. The summed E-state index contributed by atoms with van der Waals surface area (Å²) in [7, 11) is 0. The Bertz CT molecular complexity index is 916. The van der Waals surface area contributed by atoms with E-state index in [1.54, 1.807) is 6.20 Å². The van der Waals surface area contributed by atoms with E-state index < -0.39 is 0 Å². The zero-order chi connectivity index (χ0) is 18.1. The minimum Gasteiger partial charge on any atom is -0.342 e. The zero-order valence-corrected chi connectivity index (χ0v) is 15.3. The number of carbonyl (C=O) groups excluding carboxylic acids is 1. The molecule has 1 aliphatic heterocycles. The zero-order valence-electron chi connectivity index (χ0n) is 15.3. The van der Waals surface area contributed by atoms with Crippen molar-refractivity contribution in [3.05, 3.63) is 60.2 Å². The van der Waals surface area contributed by atoms with Gasteiger partial charge in [-0.3, -0.25) is 9.78 Å². The molecule has 134 valence electrons. The van der Waals surface area contributed by atoms with Crippen molar-refractivity contribution in [3.8, 4) is 0 Å². The maximum absolute atomic E-state index is 12.7. The molecule has 0 aliphatic carbocycles. The van der Waals surface area contributed by atoms with Crippen LogP contribution in [0.25, 0.3) is 11.0 Å². The molecule has 5 nitrogen and oxygen atoms in total. The molecule has 4 rings (SSSR count). The van der Waals surface area contributed by atoms with E-state index in [1.807, 2.05) is 47.5 Å². The quantitative estimate of drug-likeness (QED) is 0.724. The van der Waals surface area contributed by atoms with E-state index in [-0.39, 0.29) is 11.8 Å². The molecule has 1 amide bonds. The largest absolute Gasteiger partial charge is 0.342 e. The van der Waals surface area contributed by atoms with E-state index in [0.29, 0.717) is 12.5 Å². The standard InChI is InChI=1S/C21H24N4O/c1-15(2)25-19-13-22-10-8-18(19)23-21(25)17-9-11-24(14-17)20(26)12-16-6-4-3-5-7-16/h3-8,10,13,15,17H,9,11-12,14H2,1-2H3/t17-/m1/s1. The number of hydrogen-bond donors (Lipinski definition) is 0. The van der Waals surface area contributed by atoms with E-state index in [1.165, 1.54) is 0 Å². The van der Waals surface area contributed by atoms with Gasteiger partial charge in [-0.1, -0.05) is 30.3 Å². The molecule has 1 atom stereocenters. The van der Waals surface area contributed by atoms with Gasteiger partial charge >= 0.3 is 0 Å². The topological polar surface area (TPSA) is 51.0 Å². The van der Waals surface area contributed by atoms with Crippen LogP contribution < -0.4 is 0 Å². The highest BCUT2D eigenvalue weighted by molar-refractivity contribution is 5.79. The van der Waals surface area contributed by atoms with Gasteiger partial charge in [0.2, 0.25) is 5.91 Å². The van der Waals surface area contributed by atoms with Gasteiger partial charge in [0, 0.05) is 31.2 Å². The number of amides is 1. The molecule has 0 radical (unpaired) electrons. The molecule has 0 bridgehead atoms. The summed E-state index contributed by atoms with van der Waals surface area (Å²) >= 11 is 0. The highest BCUT2D eigenvalue weighted by Crippen LogP contribution is 2.31. The second kappa shape index (κ2) is 6.90. The molecule has 0 spiro atoms. The molecule has 26 heavy (non-hydrogen) atoms. The van der Waals surface area contributed by atoms with Gasteiger partial charge < -0.3 is 9.47 Å². The Labute approximate surface area is 153 Å². The van der Waals surface area contributed by atoms with E-state index in [0.717, 1.165) is 41.9 Å². The maximum Gasteiger partial charge on any atom is 0.227 e. The third-order valence-electron chi connectivity index (χ3n) is 5.14. The number of imidazole rings is 1. The molecule has 0 saturated carbocycles. The molecule has 1 saturated heterocycles. The van der Waals surface area contributed by atoms with Gasteiger partial charge in [-0.25, -0.2) is 4.98 Å². The van der Waals surface area contributed by atoms with Crippen molar-refractivity contribution in [2.45, 2.75) is 38.6 Å². The van der Waals surface area contributed by atoms with E-state index in [2.05, 4.69) is 23.4 Å². The predicted molar refractivity (Wildman–Crippen MR) is 102 cm³/mol. The highest BCUT2D eigenvalue weighted by atomic mass is 16.2. The van der Waals surface area contributed by atoms with E-state index in [9.17, 15) is 4.79 Å². The van der Waals surface area contributed by atoms with Crippen LogP contribution in [0, 0.1) is 0 Å². The van der Waals surface area contributed by atoms with Crippen LogP contribution in [0.1, 0.15) is 43.6 Å². The van der Waals surface area contributed by atoms with Crippen LogP contribution in [0.2, 0.25) is 0 Å². The molecule has 1 fully saturated rings. The Balaban J connectivity index is 1.55. The maximum atomic E-state index is 12.7. The van der Waals surface area contributed by atoms with Crippen LogP contribution in [-0.4, -0.2) is 38.4 Å². The van der Waals surface area contributed by atoms with Crippen molar-refractivity contribution in [2.75, 3.05) is 13.1 Å². The minimum atomic E-state index is 0.201. The summed E-state index contributed by atoms with van der Waals surface area (Å²) < 4.78 is 2.28. The molecule has 3 aromatic rings. The number of hydrogen-bond acceptors (Lipinski definition) is 3. The Kier molecular flexibility index (Phi) is 4.45. The normalized spacial score (nSPS) is 17.3. The lowest BCUT2D eigenvalue weighted by atomic mass is 10.1. The van der Waals surface area contributed by atoms with Crippen molar-refractivity contribution >= 4 is 16.9 Å². The second-order valence-electron chi connectivity index (χ2n) is 7.29. The lowest BCUT2D eigenvalue weighted by Gasteiger charge is -2.19. The van der Waals surface area contributed by atoms with Gasteiger partial charge in [-0.05, 0) is 31.9 Å². The summed E-state index contributed by atoms with van der Waals surface area (Å²) in [6.45, 7) is 5.89. The lowest BCUT2D eigenvalue weighted by Crippen LogP contribution is -2.30. The summed E-state index contributed by atoms with van der Waals surface area (Å²) in [4.78, 5) is 23.8. The second-order valence-corrected chi connectivity index (χ2v) is 7.29. The van der Waals surface area contributed by atoms with Gasteiger partial charge in [-0.2, -0.15) is 0 Å². The van der Waals surface area contributed by atoms with Crippen molar-refractivity contribution in [1.82, 2.24) is 19.4 Å². The van der Waals surface area contributed by atoms with Crippen LogP contribution in [0.4, 0.5) is 0 Å². The van der Waals surface area contributed by atoms with Crippen LogP contribution in [0.5, 0.6) is 0 Å². The van der Waals surface area contributed by atoms with Crippen LogP contribution in [0.15, 0.2) is 48.8 Å². The Morgan fingerprint density at radius 2 is 2.04 bits per heavy atom. The first kappa shape index (κ1) is 16.8. The molecule has 5 heteroatoms. The average molecular weight is 348 g/mol. The number of fused-ring (bicyclic) bond motifs is 1. The summed E-state index contributed by atoms with van der Waals surface area (Å²) in [6.07, 6.45) is 5.11. The summed E-state index contributed by atoms with van der Waals surface area (Å²) in [5, 5.41) is 0. The first-order chi connectivity index (χ1) is 12.6. The third-order valence-corrected chi connectivity index (χ3v) is 5.14. The summed E-state index contributed by atoms with van der Waals surface area (Å²) in [6, 6.07) is 12.2. The van der Waals surface area contributed by atoms with E-state index >= 15 is 0 Å². The van der Waals surface area contributed by atoms with Crippen LogP contribution in [-0.2, 0) is 11.2 Å². The highest BCUT2D eigenvalue weighted by Gasteiger charge is 2.31. The van der Waals surface area contributed by atoms with Gasteiger partial charge in [0.15, 0.2) is 0 Å². The number of aromatic nitrogens is 3. The monoisotopic (exact) mass is 348 g/mol. The fourth-order valence-electron chi connectivity index (χ4n) is 3.87. The minimum absolute atomic E-state index is 0.201. The first-order valence-electron chi connectivity index (χ1n) is 9.27. The first-order valence-corrected chi connectivity index (χ1v) is 9.27.